The Morgan fingerprint density at radius 3 is 3.05 bits per heavy atom. The number of hydrogen-bond donors (Lipinski definition) is 2. The van der Waals surface area contributed by atoms with Crippen molar-refractivity contribution < 1.29 is 9.72 Å². The Morgan fingerprint density at radius 2 is 2.33 bits per heavy atom. The van der Waals surface area contributed by atoms with E-state index in [1.807, 2.05) is 7.05 Å². The second-order valence-corrected chi connectivity index (χ2v) is 5.25. The molecule has 1 aromatic rings. The molecular formula is C14H20N4O3. The Labute approximate surface area is 123 Å². The third-order valence-corrected chi connectivity index (χ3v) is 3.61. The lowest BCUT2D eigenvalue weighted by Gasteiger charge is -2.32. The standard InChI is InChI=1S/C14H20N4O3/c1-15-9-11-4-3-7-17(10-11)14(19)16-12-5-2-6-13(8-12)18(20)21/h2,5-6,8,11,15H,3-4,7,9-10H2,1H3,(H,16,19). The highest BCUT2D eigenvalue weighted by Gasteiger charge is 2.23. The SMILES string of the molecule is CNCC1CCCN(C(=O)Nc2cccc([N+](=O)[O-])c2)C1. The summed E-state index contributed by atoms with van der Waals surface area (Å²) in [6.45, 7) is 2.32. The van der Waals surface area contributed by atoms with Crippen molar-refractivity contribution in [2.75, 3.05) is 32.0 Å². The first kappa shape index (κ1) is 15.2. The fourth-order valence-electron chi connectivity index (χ4n) is 2.60. The molecule has 1 heterocycles. The van der Waals surface area contributed by atoms with Crippen molar-refractivity contribution in [1.82, 2.24) is 10.2 Å². The average molecular weight is 292 g/mol. The van der Waals surface area contributed by atoms with E-state index in [-0.39, 0.29) is 11.7 Å². The van der Waals surface area contributed by atoms with Gasteiger partial charge in [-0.15, -0.1) is 0 Å². The van der Waals surface area contributed by atoms with Crippen molar-refractivity contribution in [3.05, 3.63) is 34.4 Å². The lowest BCUT2D eigenvalue weighted by atomic mass is 9.98. The van der Waals surface area contributed by atoms with Crippen LogP contribution in [0, 0.1) is 16.0 Å². The van der Waals surface area contributed by atoms with Gasteiger partial charge >= 0.3 is 6.03 Å². The van der Waals surface area contributed by atoms with Crippen molar-refractivity contribution in [3.63, 3.8) is 0 Å². The number of anilines is 1. The number of non-ortho nitro benzene ring substituents is 1. The van der Waals surface area contributed by atoms with E-state index in [0.717, 1.165) is 25.9 Å². The highest BCUT2D eigenvalue weighted by molar-refractivity contribution is 5.89. The van der Waals surface area contributed by atoms with Crippen molar-refractivity contribution in [2.24, 2.45) is 5.92 Å². The number of carbonyl (C=O) groups excluding carboxylic acids is 1. The van der Waals surface area contributed by atoms with Crippen LogP contribution in [0.1, 0.15) is 12.8 Å². The van der Waals surface area contributed by atoms with E-state index in [9.17, 15) is 14.9 Å². The molecule has 1 fully saturated rings. The molecule has 1 unspecified atom stereocenters. The molecule has 1 saturated heterocycles. The van der Waals surface area contributed by atoms with Crippen LogP contribution >= 0.6 is 0 Å². The minimum absolute atomic E-state index is 0.0282. The predicted octanol–water partition coefficient (Wildman–Crippen LogP) is 2.06. The maximum Gasteiger partial charge on any atom is 0.321 e. The minimum atomic E-state index is -0.473. The van der Waals surface area contributed by atoms with Gasteiger partial charge in [0.15, 0.2) is 0 Å². The Balaban J connectivity index is 1.97. The zero-order valence-electron chi connectivity index (χ0n) is 12.0. The Hall–Kier alpha value is -2.15. The number of nitro benzene ring substituents is 1. The summed E-state index contributed by atoms with van der Waals surface area (Å²) >= 11 is 0. The lowest BCUT2D eigenvalue weighted by Crippen LogP contribution is -2.44. The number of nitrogens with zero attached hydrogens (tertiary/aromatic N) is 2. The molecule has 2 N–H and O–H groups in total. The van der Waals surface area contributed by atoms with E-state index in [1.54, 1.807) is 17.0 Å². The van der Waals surface area contributed by atoms with Gasteiger partial charge in [-0.1, -0.05) is 6.07 Å². The van der Waals surface area contributed by atoms with Crippen LogP contribution in [0.25, 0.3) is 0 Å². The third-order valence-electron chi connectivity index (χ3n) is 3.61. The Morgan fingerprint density at radius 1 is 1.52 bits per heavy atom. The van der Waals surface area contributed by atoms with Crippen LogP contribution in [0.2, 0.25) is 0 Å². The van der Waals surface area contributed by atoms with Crippen LogP contribution in [0.3, 0.4) is 0 Å². The fraction of sp³-hybridized carbons (Fsp3) is 0.500. The maximum atomic E-state index is 12.2. The number of likely N-dealkylation sites (tertiary alicyclic amines) is 1. The first-order valence-corrected chi connectivity index (χ1v) is 7.05. The molecule has 21 heavy (non-hydrogen) atoms. The second-order valence-electron chi connectivity index (χ2n) is 5.25. The maximum absolute atomic E-state index is 12.2. The number of nitrogens with one attached hydrogen (secondary N) is 2. The van der Waals surface area contributed by atoms with E-state index >= 15 is 0 Å². The molecule has 1 aromatic carbocycles. The Kier molecular flexibility index (Phi) is 5.10. The molecule has 0 aromatic heterocycles. The average Bonchev–Trinajstić information content (AvgIpc) is 2.48. The first-order chi connectivity index (χ1) is 10.1. The van der Waals surface area contributed by atoms with E-state index in [2.05, 4.69) is 10.6 Å². The third kappa shape index (κ3) is 4.16. The molecule has 2 rings (SSSR count). The summed E-state index contributed by atoms with van der Waals surface area (Å²) in [5.41, 5.74) is 0.421. The van der Waals surface area contributed by atoms with Gasteiger partial charge < -0.3 is 15.5 Å². The van der Waals surface area contributed by atoms with Crippen molar-refractivity contribution >= 4 is 17.4 Å². The van der Waals surface area contributed by atoms with E-state index in [0.29, 0.717) is 18.2 Å². The Bertz CT molecular complexity index is 519. The van der Waals surface area contributed by atoms with Crippen LogP contribution in [-0.4, -0.2) is 42.5 Å². The number of amides is 2. The molecular weight excluding hydrogens is 272 g/mol. The minimum Gasteiger partial charge on any atom is -0.324 e. The zero-order valence-corrected chi connectivity index (χ0v) is 12.0. The summed E-state index contributed by atoms with van der Waals surface area (Å²) in [4.78, 5) is 24.2. The molecule has 1 aliphatic rings. The molecule has 0 radical (unpaired) electrons. The van der Waals surface area contributed by atoms with Crippen LogP contribution in [0.15, 0.2) is 24.3 Å². The van der Waals surface area contributed by atoms with Gasteiger partial charge in [0, 0.05) is 30.9 Å². The van der Waals surface area contributed by atoms with Crippen molar-refractivity contribution in [2.45, 2.75) is 12.8 Å². The lowest BCUT2D eigenvalue weighted by molar-refractivity contribution is -0.384. The largest absolute Gasteiger partial charge is 0.324 e. The predicted molar refractivity (Wildman–Crippen MR) is 80.3 cm³/mol. The number of carbonyl (C=O) groups is 1. The highest BCUT2D eigenvalue weighted by Crippen LogP contribution is 2.20. The number of hydrogen-bond acceptors (Lipinski definition) is 4. The van der Waals surface area contributed by atoms with Gasteiger partial charge in [-0.2, -0.15) is 0 Å². The monoisotopic (exact) mass is 292 g/mol. The van der Waals surface area contributed by atoms with Gasteiger partial charge in [0.2, 0.25) is 0 Å². The molecule has 0 aliphatic carbocycles. The molecule has 0 spiro atoms. The molecule has 0 bridgehead atoms. The van der Waals surface area contributed by atoms with Crippen LogP contribution < -0.4 is 10.6 Å². The molecule has 114 valence electrons. The molecule has 7 heteroatoms. The molecule has 1 aliphatic heterocycles. The van der Waals surface area contributed by atoms with Crippen LogP contribution in [0.5, 0.6) is 0 Å². The van der Waals surface area contributed by atoms with Crippen LogP contribution in [-0.2, 0) is 0 Å². The summed E-state index contributed by atoms with van der Waals surface area (Å²) in [5, 5.41) is 16.6. The quantitative estimate of drug-likeness (QED) is 0.657. The van der Waals surface area contributed by atoms with E-state index < -0.39 is 4.92 Å². The van der Waals surface area contributed by atoms with Gasteiger partial charge in [0.05, 0.1) is 4.92 Å². The summed E-state index contributed by atoms with van der Waals surface area (Å²) in [6, 6.07) is 5.79. The van der Waals surface area contributed by atoms with Gasteiger partial charge in [0.1, 0.15) is 0 Å². The summed E-state index contributed by atoms with van der Waals surface area (Å²) < 4.78 is 0. The number of urea groups is 1. The molecule has 7 nitrogen and oxygen atoms in total. The van der Waals surface area contributed by atoms with Gasteiger partial charge in [0.25, 0.3) is 5.69 Å². The highest BCUT2D eigenvalue weighted by atomic mass is 16.6. The normalized spacial score (nSPS) is 18.3. The van der Waals surface area contributed by atoms with Crippen LogP contribution in [0.4, 0.5) is 16.2 Å². The number of nitro groups is 1. The fourth-order valence-corrected chi connectivity index (χ4v) is 2.60. The molecule has 1 atom stereocenters. The van der Waals surface area contributed by atoms with E-state index in [4.69, 9.17) is 0 Å². The van der Waals surface area contributed by atoms with Crippen molar-refractivity contribution in [1.29, 1.82) is 0 Å². The number of rotatable bonds is 4. The van der Waals surface area contributed by atoms with Gasteiger partial charge in [-0.25, -0.2) is 4.79 Å². The summed E-state index contributed by atoms with van der Waals surface area (Å²) in [6.07, 6.45) is 2.09. The number of benzene rings is 1. The van der Waals surface area contributed by atoms with E-state index in [1.165, 1.54) is 12.1 Å². The number of piperidine rings is 1. The topological polar surface area (TPSA) is 87.5 Å². The summed E-state index contributed by atoms with van der Waals surface area (Å²) in [7, 11) is 1.90. The molecule has 2 amide bonds. The summed E-state index contributed by atoms with van der Waals surface area (Å²) in [5.74, 6) is 0.458. The van der Waals surface area contributed by atoms with Gasteiger partial charge in [-0.05, 0) is 38.4 Å². The smallest absolute Gasteiger partial charge is 0.321 e. The molecule has 0 saturated carbocycles. The second kappa shape index (κ2) is 7.03. The first-order valence-electron chi connectivity index (χ1n) is 7.05. The zero-order chi connectivity index (χ0) is 15.2. The van der Waals surface area contributed by atoms with Crippen molar-refractivity contribution in [3.8, 4) is 0 Å². The van der Waals surface area contributed by atoms with Gasteiger partial charge in [-0.3, -0.25) is 10.1 Å².